The number of hydrogen-bond donors (Lipinski definition) is 1. The first-order valence-corrected chi connectivity index (χ1v) is 3.68. The topological polar surface area (TPSA) is 64.7 Å². The first-order chi connectivity index (χ1) is 5.34. The van der Waals surface area contributed by atoms with Crippen molar-refractivity contribution in [2.75, 3.05) is 0 Å². The standard InChI is InChI=1S/C5H8N4.C2H6/c1-4-5(2-6)9-8-3-7-4;1-2/h3H,2,6H2,1H3;1-2H3. The lowest BCUT2D eigenvalue weighted by Crippen LogP contribution is -2.04. The average Bonchev–Trinajstić information content (AvgIpc) is 2.09. The Morgan fingerprint density at radius 2 is 2.09 bits per heavy atom. The summed E-state index contributed by atoms with van der Waals surface area (Å²) in [6.07, 6.45) is 1.41. The number of aromatic nitrogens is 3. The van der Waals surface area contributed by atoms with Crippen LogP contribution in [-0.4, -0.2) is 15.2 Å². The molecule has 0 saturated heterocycles. The highest BCUT2D eigenvalue weighted by molar-refractivity contribution is 5.04. The maximum absolute atomic E-state index is 5.31. The normalized spacial score (nSPS) is 8.36. The van der Waals surface area contributed by atoms with Crippen LogP contribution in [0.15, 0.2) is 6.33 Å². The lowest BCUT2D eigenvalue weighted by atomic mass is 10.3. The van der Waals surface area contributed by atoms with Gasteiger partial charge in [0.25, 0.3) is 0 Å². The van der Waals surface area contributed by atoms with Crippen LogP contribution in [-0.2, 0) is 6.54 Å². The van der Waals surface area contributed by atoms with E-state index in [1.165, 1.54) is 6.33 Å². The molecule has 0 atom stereocenters. The summed E-state index contributed by atoms with van der Waals surface area (Å²) in [7, 11) is 0. The number of nitrogens with zero attached hydrogens (tertiary/aromatic N) is 3. The second kappa shape index (κ2) is 5.73. The Labute approximate surface area is 66.9 Å². The average molecular weight is 154 g/mol. The molecule has 4 nitrogen and oxygen atoms in total. The fraction of sp³-hybridized carbons (Fsp3) is 0.571. The van der Waals surface area contributed by atoms with Crippen LogP contribution in [0.1, 0.15) is 25.2 Å². The molecular formula is C7H14N4. The molecule has 1 aromatic heterocycles. The highest BCUT2D eigenvalue weighted by atomic mass is 15.1. The number of aryl methyl sites for hydroxylation is 1. The first kappa shape index (κ1) is 9.97. The van der Waals surface area contributed by atoms with Gasteiger partial charge < -0.3 is 5.73 Å². The van der Waals surface area contributed by atoms with Crippen molar-refractivity contribution >= 4 is 0 Å². The van der Waals surface area contributed by atoms with Gasteiger partial charge >= 0.3 is 0 Å². The molecule has 0 aromatic carbocycles. The molecule has 1 heterocycles. The zero-order valence-corrected chi connectivity index (χ0v) is 7.20. The minimum atomic E-state index is 0.409. The van der Waals surface area contributed by atoms with Crippen LogP contribution in [0.5, 0.6) is 0 Å². The molecular weight excluding hydrogens is 140 g/mol. The van der Waals surface area contributed by atoms with E-state index in [1.807, 2.05) is 20.8 Å². The highest BCUT2D eigenvalue weighted by Crippen LogP contribution is 1.93. The Hall–Kier alpha value is -1.03. The Morgan fingerprint density at radius 3 is 2.45 bits per heavy atom. The van der Waals surface area contributed by atoms with Crippen LogP contribution in [0.25, 0.3) is 0 Å². The largest absolute Gasteiger partial charge is 0.325 e. The fourth-order valence-corrected chi connectivity index (χ4v) is 0.543. The van der Waals surface area contributed by atoms with Gasteiger partial charge in [0.15, 0.2) is 0 Å². The summed E-state index contributed by atoms with van der Waals surface area (Å²) < 4.78 is 0. The van der Waals surface area contributed by atoms with E-state index >= 15 is 0 Å². The van der Waals surface area contributed by atoms with Crippen LogP contribution in [0.2, 0.25) is 0 Å². The fourth-order valence-electron chi connectivity index (χ4n) is 0.543. The number of hydrogen-bond acceptors (Lipinski definition) is 4. The zero-order chi connectivity index (χ0) is 8.69. The summed E-state index contributed by atoms with van der Waals surface area (Å²) in [5, 5.41) is 7.33. The molecule has 62 valence electrons. The van der Waals surface area contributed by atoms with E-state index in [-0.39, 0.29) is 0 Å². The molecule has 11 heavy (non-hydrogen) atoms. The van der Waals surface area contributed by atoms with Gasteiger partial charge in [-0.15, -0.1) is 5.10 Å². The van der Waals surface area contributed by atoms with Gasteiger partial charge in [-0.3, -0.25) is 0 Å². The SMILES string of the molecule is CC.Cc1ncnnc1CN. The van der Waals surface area contributed by atoms with E-state index in [2.05, 4.69) is 15.2 Å². The quantitative estimate of drug-likeness (QED) is 0.645. The van der Waals surface area contributed by atoms with Crippen molar-refractivity contribution < 1.29 is 0 Å². The van der Waals surface area contributed by atoms with Crippen molar-refractivity contribution in [3.05, 3.63) is 17.7 Å². The third-order valence-corrected chi connectivity index (χ3v) is 1.09. The van der Waals surface area contributed by atoms with E-state index in [1.54, 1.807) is 0 Å². The third-order valence-electron chi connectivity index (χ3n) is 1.09. The van der Waals surface area contributed by atoms with Crippen LogP contribution in [0, 0.1) is 6.92 Å². The molecule has 2 N–H and O–H groups in total. The van der Waals surface area contributed by atoms with Crippen molar-refractivity contribution in [3.8, 4) is 0 Å². The monoisotopic (exact) mass is 154 g/mol. The Balaban J connectivity index is 0.000000461. The van der Waals surface area contributed by atoms with Gasteiger partial charge in [-0.1, -0.05) is 13.8 Å². The van der Waals surface area contributed by atoms with Crippen molar-refractivity contribution in [1.82, 2.24) is 15.2 Å². The summed E-state index contributed by atoms with van der Waals surface area (Å²) >= 11 is 0. The van der Waals surface area contributed by atoms with Gasteiger partial charge in [0.05, 0.1) is 11.4 Å². The van der Waals surface area contributed by atoms with E-state index < -0.39 is 0 Å². The highest BCUT2D eigenvalue weighted by Gasteiger charge is 1.94. The second-order valence-corrected chi connectivity index (χ2v) is 1.70. The predicted octanol–water partition coefficient (Wildman–Crippen LogP) is 0.665. The predicted molar refractivity (Wildman–Crippen MR) is 43.8 cm³/mol. The maximum atomic E-state index is 5.31. The summed E-state index contributed by atoms with van der Waals surface area (Å²) in [5.74, 6) is 0. The van der Waals surface area contributed by atoms with Crippen LogP contribution in [0.3, 0.4) is 0 Å². The van der Waals surface area contributed by atoms with Gasteiger partial charge in [0.1, 0.15) is 6.33 Å². The maximum Gasteiger partial charge on any atom is 0.138 e. The molecule has 0 saturated carbocycles. The molecule has 0 spiro atoms. The molecule has 0 unspecified atom stereocenters. The van der Waals surface area contributed by atoms with E-state index in [4.69, 9.17) is 5.73 Å². The van der Waals surface area contributed by atoms with E-state index in [9.17, 15) is 0 Å². The molecule has 0 bridgehead atoms. The lowest BCUT2D eigenvalue weighted by molar-refractivity contribution is 0.835. The molecule has 0 amide bonds. The van der Waals surface area contributed by atoms with E-state index in [0.29, 0.717) is 6.54 Å². The Morgan fingerprint density at radius 1 is 1.45 bits per heavy atom. The lowest BCUT2D eigenvalue weighted by Gasteiger charge is -1.94. The summed E-state index contributed by atoms with van der Waals surface area (Å²) in [6, 6.07) is 0. The molecule has 0 aliphatic heterocycles. The van der Waals surface area contributed by atoms with Gasteiger partial charge in [-0.2, -0.15) is 5.10 Å². The Kier molecular flexibility index (Phi) is 5.20. The van der Waals surface area contributed by atoms with Gasteiger partial charge in [-0.25, -0.2) is 4.98 Å². The van der Waals surface area contributed by atoms with Gasteiger partial charge in [0, 0.05) is 6.54 Å². The smallest absolute Gasteiger partial charge is 0.138 e. The van der Waals surface area contributed by atoms with Crippen LogP contribution in [0.4, 0.5) is 0 Å². The molecule has 1 rings (SSSR count). The number of rotatable bonds is 1. The molecule has 0 fully saturated rings. The van der Waals surface area contributed by atoms with Crippen molar-refractivity contribution in [1.29, 1.82) is 0 Å². The van der Waals surface area contributed by atoms with Crippen LogP contribution < -0.4 is 5.73 Å². The van der Waals surface area contributed by atoms with E-state index in [0.717, 1.165) is 11.4 Å². The summed E-state index contributed by atoms with van der Waals surface area (Å²) in [4.78, 5) is 3.90. The Bertz CT molecular complexity index is 199. The molecule has 0 radical (unpaired) electrons. The molecule has 0 aliphatic rings. The zero-order valence-electron chi connectivity index (χ0n) is 7.20. The summed E-state index contributed by atoms with van der Waals surface area (Å²) in [5.41, 5.74) is 6.92. The van der Waals surface area contributed by atoms with Crippen molar-refractivity contribution in [2.24, 2.45) is 5.73 Å². The second-order valence-electron chi connectivity index (χ2n) is 1.70. The van der Waals surface area contributed by atoms with Gasteiger partial charge in [0.2, 0.25) is 0 Å². The summed E-state index contributed by atoms with van der Waals surface area (Å²) in [6.45, 7) is 6.27. The minimum Gasteiger partial charge on any atom is -0.325 e. The third kappa shape index (κ3) is 3.04. The minimum absolute atomic E-state index is 0.409. The van der Waals surface area contributed by atoms with Gasteiger partial charge in [-0.05, 0) is 6.92 Å². The van der Waals surface area contributed by atoms with Crippen LogP contribution >= 0.6 is 0 Å². The molecule has 4 heteroatoms. The molecule has 0 aliphatic carbocycles. The van der Waals surface area contributed by atoms with Crippen molar-refractivity contribution in [2.45, 2.75) is 27.3 Å². The number of nitrogens with two attached hydrogens (primary N) is 1. The first-order valence-electron chi connectivity index (χ1n) is 3.68. The molecule has 1 aromatic rings. The van der Waals surface area contributed by atoms with Crippen molar-refractivity contribution in [3.63, 3.8) is 0 Å².